The zero-order valence-corrected chi connectivity index (χ0v) is 19.9. The van der Waals surface area contributed by atoms with E-state index in [4.69, 9.17) is 19.2 Å². The number of carbonyl (C=O) groups excluding carboxylic acids is 1. The van der Waals surface area contributed by atoms with Gasteiger partial charge in [0.05, 0.1) is 26.9 Å². The molecule has 0 N–H and O–H groups in total. The molecular weight excluding hydrogens is 436 g/mol. The van der Waals surface area contributed by atoms with E-state index >= 15 is 0 Å². The van der Waals surface area contributed by atoms with Crippen molar-refractivity contribution in [2.45, 2.75) is 26.5 Å². The quantitative estimate of drug-likeness (QED) is 0.324. The van der Waals surface area contributed by atoms with E-state index in [-0.39, 0.29) is 12.0 Å². The lowest BCUT2D eigenvalue weighted by Gasteiger charge is -2.20. The average molecular weight is 463 g/mol. The van der Waals surface area contributed by atoms with E-state index in [0.717, 1.165) is 16.0 Å². The molecule has 0 fully saturated rings. The van der Waals surface area contributed by atoms with E-state index in [0.29, 0.717) is 34.3 Å². The molecule has 0 bridgehead atoms. The number of aromatic nitrogens is 1. The summed E-state index contributed by atoms with van der Waals surface area (Å²) in [5.41, 5.74) is 2.23. The number of thiazole rings is 1. The molecule has 4 rings (SSSR count). The maximum atomic E-state index is 13.7. The molecule has 0 spiro atoms. The molecule has 1 aromatic heterocycles. The SMILES string of the molecule is COc1ccc(OC)c2sc(N(Cc3ccccc3)C(=O)c3ccc(OC(C)C)cc3)nc12. The number of ether oxygens (including phenoxy) is 3. The Kier molecular flexibility index (Phi) is 6.79. The molecular formula is C26H26N2O4S. The number of hydrogen-bond donors (Lipinski definition) is 0. The number of amides is 1. The molecule has 0 radical (unpaired) electrons. The van der Waals surface area contributed by atoms with Crippen LogP contribution in [0.5, 0.6) is 17.2 Å². The molecule has 1 heterocycles. The van der Waals surface area contributed by atoms with Gasteiger partial charge in [-0.1, -0.05) is 41.7 Å². The van der Waals surface area contributed by atoms with Crippen LogP contribution in [0.15, 0.2) is 66.7 Å². The summed E-state index contributed by atoms with van der Waals surface area (Å²) < 4.78 is 17.6. The molecule has 0 aliphatic heterocycles. The van der Waals surface area contributed by atoms with Crippen LogP contribution in [0.4, 0.5) is 5.13 Å². The van der Waals surface area contributed by atoms with E-state index in [1.807, 2.05) is 68.4 Å². The van der Waals surface area contributed by atoms with Crippen LogP contribution in [0.2, 0.25) is 0 Å². The highest BCUT2D eigenvalue weighted by Gasteiger charge is 2.24. The highest BCUT2D eigenvalue weighted by molar-refractivity contribution is 7.22. The van der Waals surface area contributed by atoms with Gasteiger partial charge in [0.1, 0.15) is 27.5 Å². The van der Waals surface area contributed by atoms with Crippen LogP contribution >= 0.6 is 11.3 Å². The topological polar surface area (TPSA) is 60.9 Å². The third-order valence-corrected chi connectivity index (χ3v) is 6.12. The lowest BCUT2D eigenvalue weighted by Crippen LogP contribution is -2.30. The molecule has 7 heteroatoms. The second kappa shape index (κ2) is 9.92. The molecule has 170 valence electrons. The van der Waals surface area contributed by atoms with Crippen molar-refractivity contribution in [1.29, 1.82) is 0 Å². The Hall–Kier alpha value is -3.58. The highest BCUT2D eigenvalue weighted by atomic mass is 32.1. The van der Waals surface area contributed by atoms with Crippen molar-refractivity contribution in [3.05, 3.63) is 77.9 Å². The normalized spacial score (nSPS) is 10.9. The molecule has 0 saturated carbocycles. The van der Waals surface area contributed by atoms with Gasteiger partial charge in [0.2, 0.25) is 0 Å². The number of benzene rings is 3. The number of methoxy groups -OCH3 is 2. The molecule has 6 nitrogen and oxygen atoms in total. The minimum atomic E-state index is -0.146. The van der Waals surface area contributed by atoms with Crippen LogP contribution in [-0.2, 0) is 6.54 Å². The fourth-order valence-electron chi connectivity index (χ4n) is 3.49. The predicted molar refractivity (Wildman–Crippen MR) is 132 cm³/mol. The number of hydrogen-bond acceptors (Lipinski definition) is 6. The van der Waals surface area contributed by atoms with Crippen molar-refractivity contribution in [1.82, 2.24) is 4.98 Å². The third-order valence-electron chi connectivity index (χ3n) is 5.03. The van der Waals surface area contributed by atoms with Crippen molar-refractivity contribution in [3.63, 3.8) is 0 Å². The Morgan fingerprint density at radius 1 is 0.939 bits per heavy atom. The molecule has 3 aromatic carbocycles. The third kappa shape index (κ3) is 4.93. The smallest absolute Gasteiger partial charge is 0.260 e. The summed E-state index contributed by atoms with van der Waals surface area (Å²) in [5, 5.41) is 0.573. The molecule has 0 saturated heterocycles. The summed E-state index contributed by atoms with van der Waals surface area (Å²) in [7, 11) is 3.22. The molecule has 0 aliphatic carbocycles. The number of rotatable bonds is 8. The lowest BCUT2D eigenvalue weighted by atomic mass is 10.1. The second-order valence-electron chi connectivity index (χ2n) is 7.71. The van der Waals surface area contributed by atoms with Gasteiger partial charge in [-0.05, 0) is 55.8 Å². The van der Waals surface area contributed by atoms with Gasteiger partial charge in [0.15, 0.2) is 5.13 Å². The van der Waals surface area contributed by atoms with Crippen LogP contribution < -0.4 is 19.1 Å². The fourth-order valence-corrected chi connectivity index (χ4v) is 4.56. The fraction of sp³-hybridized carbons (Fsp3) is 0.231. The molecule has 0 unspecified atom stereocenters. The van der Waals surface area contributed by atoms with Gasteiger partial charge in [-0.2, -0.15) is 0 Å². The monoisotopic (exact) mass is 462 g/mol. The summed E-state index contributed by atoms with van der Waals surface area (Å²) in [6.07, 6.45) is 0.0637. The van der Waals surface area contributed by atoms with Crippen LogP contribution in [0.3, 0.4) is 0 Å². The van der Waals surface area contributed by atoms with Gasteiger partial charge in [-0.3, -0.25) is 9.69 Å². The van der Waals surface area contributed by atoms with E-state index in [2.05, 4.69) is 0 Å². The number of fused-ring (bicyclic) bond motifs is 1. The number of carbonyl (C=O) groups is 1. The first-order valence-corrected chi connectivity index (χ1v) is 11.5. The largest absolute Gasteiger partial charge is 0.495 e. The second-order valence-corrected chi connectivity index (χ2v) is 8.69. The molecule has 4 aromatic rings. The van der Waals surface area contributed by atoms with Crippen molar-refractivity contribution < 1.29 is 19.0 Å². The van der Waals surface area contributed by atoms with Gasteiger partial charge in [-0.15, -0.1) is 0 Å². The summed E-state index contributed by atoms with van der Waals surface area (Å²) in [6.45, 7) is 4.32. The van der Waals surface area contributed by atoms with Gasteiger partial charge in [0, 0.05) is 5.56 Å². The Morgan fingerprint density at radius 2 is 1.61 bits per heavy atom. The Labute approximate surface area is 197 Å². The minimum Gasteiger partial charge on any atom is -0.495 e. The Morgan fingerprint density at radius 3 is 2.24 bits per heavy atom. The first-order chi connectivity index (χ1) is 16.0. The van der Waals surface area contributed by atoms with Crippen LogP contribution in [0.1, 0.15) is 29.8 Å². The summed E-state index contributed by atoms with van der Waals surface area (Å²) in [6, 6.07) is 20.7. The molecule has 1 amide bonds. The van der Waals surface area contributed by atoms with Gasteiger partial charge >= 0.3 is 0 Å². The Bertz CT molecular complexity index is 1200. The standard InChI is InChI=1S/C26H26N2O4S/c1-17(2)32-20-12-10-19(11-13-20)25(29)28(16-18-8-6-5-7-9-18)26-27-23-21(30-3)14-15-22(31-4)24(23)33-26/h5-15,17H,16H2,1-4H3. The Balaban J connectivity index is 1.76. The number of nitrogens with zero attached hydrogens (tertiary/aromatic N) is 2. The van der Waals surface area contributed by atoms with E-state index in [1.54, 1.807) is 31.3 Å². The van der Waals surface area contributed by atoms with Crippen molar-refractivity contribution in [3.8, 4) is 17.2 Å². The van der Waals surface area contributed by atoms with Crippen LogP contribution in [-0.4, -0.2) is 31.2 Å². The molecule has 0 aliphatic rings. The summed E-state index contributed by atoms with van der Waals surface area (Å²) in [4.78, 5) is 20.1. The van der Waals surface area contributed by atoms with Crippen molar-refractivity contribution in [2.24, 2.45) is 0 Å². The maximum Gasteiger partial charge on any atom is 0.260 e. The lowest BCUT2D eigenvalue weighted by molar-refractivity contribution is 0.0985. The van der Waals surface area contributed by atoms with E-state index in [9.17, 15) is 4.79 Å². The average Bonchev–Trinajstić information content (AvgIpc) is 3.27. The molecule has 0 atom stereocenters. The van der Waals surface area contributed by atoms with E-state index < -0.39 is 0 Å². The first-order valence-electron chi connectivity index (χ1n) is 10.6. The zero-order chi connectivity index (χ0) is 23.4. The summed E-state index contributed by atoms with van der Waals surface area (Å²) >= 11 is 1.40. The van der Waals surface area contributed by atoms with Gasteiger partial charge in [-0.25, -0.2) is 4.98 Å². The first kappa shape index (κ1) is 22.6. The molecule has 33 heavy (non-hydrogen) atoms. The maximum absolute atomic E-state index is 13.7. The van der Waals surface area contributed by atoms with Crippen molar-refractivity contribution >= 4 is 32.6 Å². The number of anilines is 1. The van der Waals surface area contributed by atoms with Crippen LogP contribution in [0, 0.1) is 0 Å². The predicted octanol–water partition coefficient (Wildman–Crippen LogP) is 5.95. The van der Waals surface area contributed by atoms with Crippen LogP contribution in [0.25, 0.3) is 10.2 Å². The highest BCUT2D eigenvalue weighted by Crippen LogP contribution is 2.40. The zero-order valence-electron chi connectivity index (χ0n) is 19.1. The van der Waals surface area contributed by atoms with Gasteiger partial charge < -0.3 is 14.2 Å². The minimum absolute atomic E-state index is 0.0637. The van der Waals surface area contributed by atoms with Crippen molar-refractivity contribution in [2.75, 3.05) is 19.1 Å². The summed E-state index contributed by atoms with van der Waals surface area (Å²) in [5.74, 6) is 1.91. The van der Waals surface area contributed by atoms with E-state index in [1.165, 1.54) is 11.3 Å². The van der Waals surface area contributed by atoms with Gasteiger partial charge in [0.25, 0.3) is 5.91 Å².